The molecule has 1 amide bonds. The average molecular weight is 365 g/mol. The first-order chi connectivity index (χ1) is 11.5. The minimum absolute atomic E-state index is 0. The molecule has 0 saturated carbocycles. The average Bonchev–Trinajstić information content (AvgIpc) is 2.57. The highest BCUT2D eigenvalue weighted by Crippen LogP contribution is 2.30. The molecule has 0 aliphatic carbocycles. The highest BCUT2D eigenvalue weighted by molar-refractivity contribution is 6.31. The minimum Gasteiger partial charge on any atom is -0.496 e. The molecular weight excluding hydrogens is 351 g/mol. The first kappa shape index (κ1) is 18.4. The molecular formula is C16H14ClFN4O3. The van der Waals surface area contributed by atoms with Gasteiger partial charge in [0, 0.05) is 17.1 Å². The lowest BCUT2D eigenvalue weighted by Crippen LogP contribution is -2.12. The van der Waals surface area contributed by atoms with E-state index in [9.17, 15) is 9.18 Å². The summed E-state index contributed by atoms with van der Waals surface area (Å²) in [6.07, 6.45) is 1.36. The minimum atomic E-state index is -0.631. The van der Waals surface area contributed by atoms with E-state index in [-0.39, 0.29) is 16.1 Å². The summed E-state index contributed by atoms with van der Waals surface area (Å²) >= 11 is 5.78. The number of ether oxygens (including phenoxy) is 1. The van der Waals surface area contributed by atoms with Crippen molar-refractivity contribution in [1.29, 1.82) is 0 Å². The Bertz CT molecular complexity index is 952. The maximum absolute atomic E-state index is 13.3. The van der Waals surface area contributed by atoms with Gasteiger partial charge >= 0.3 is 0 Å². The Morgan fingerprint density at radius 1 is 1.28 bits per heavy atom. The predicted octanol–water partition coefficient (Wildman–Crippen LogP) is 2.45. The van der Waals surface area contributed by atoms with E-state index in [0.717, 1.165) is 0 Å². The number of halogens is 2. The summed E-state index contributed by atoms with van der Waals surface area (Å²) in [5, 5.41) is 3.57. The molecule has 0 radical (unpaired) electrons. The smallest absolute Gasteiger partial charge is 0.252 e. The molecule has 0 bridgehead atoms. The van der Waals surface area contributed by atoms with E-state index < -0.39 is 11.7 Å². The van der Waals surface area contributed by atoms with Gasteiger partial charge in [-0.1, -0.05) is 11.6 Å². The van der Waals surface area contributed by atoms with Gasteiger partial charge in [0.05, 0.1) is 23.2 Å². The molecule has 130 valence electrons. The number of carbonyl (C=O) groups is 1. The Morgan fingerprint density at radius 3 is 2.68 bits per heavy atom. The van der Waals surface area contributed by atoms with E-state index in [4.69, 9.17) is 22.1 Å². The molecule has 1 aromatic heterocycles. The Balaban J connectivity index is 0.00000225. The van der Waals surface area contributed by atoms with Crippen molar-refractivity contribution in [3.63, 3.8) is 0 Å². The van der Waals surface area contributed by atoms with E-state index in [2.05, 4.69) is 15.3 Å². The Labute approximate surface area is 146 Å². The van der Waals surface area contributed by atoms with Crippen LogP contribution in [0.15, 0.2) is 36.7 Å². The summed E-state index contributed by atoms with van der Waals surface area (Å²) in [5.41, 5.74) is 6.69. The first-order valence-electron chi connectivity index (χ1n) is 6.84. The molecule has 3 rings (SSSR count). The van der Waals surface area contributed by atoms with Crippen LogP contribution in [-0.2, 0) is 0 Å². The van der Waals surface area contributed by atoms with Gasteiger partial charge in [-0.25, -0.2) is 14.4 Å². The van der Waals surface area contributed by atoms with Crippen molar-refractivity contribution < 1.29 is 19.4 Å². The second-order valence-corrected chi connectivity index (χ2v) is 5.32. The second-order valence-electron chi connectivity index (χ2n) is 4.91. The molecule has 1 heterocycles. The largest absolute Gasteiger partial charge is 0.496 e. The molecule has 3 aromatic rings. The van der Waals surface area contributed by atoms with E-state index >= 15 is 0 Å². The van der Waals surface area contributed by atoms with Crippen LogP contribution in [0, 0.1) is 5.82 Å². The summed E-state index contributed by atoms with van der Waals surface area (Å²) in [6, 6.07) is 7.34. The highest BCUT2D eigenvalue weighted by Gasteiger charge is 2.14. The van der Waals surface area contributed by atoms with Crippen LogP contribution < -0.4 is 15.8 Å². The van der Waals surface area contributed by atoms with Gasteiger partial charge in [0.1, 0.15) is 23.7 Å². The number of hydrogen-bond acceptors (Lipinski definition) is 5. The summed E-state index contributed by atoms with van der Waals surface area (Å²) in [4.78, 5) is 19.9. The van der Waals surface area contributed by atoms with Crippen LogP contribution in [0.2, 0.25) is 5.02 Å². The van der Waals surface area contributed by atoms with Crippen molar-refractivity contribution in [2.45, 2.75) is 0 Å². The zero-order chi connectivity index (χ0) is 17.3. The molecule has 0 atom stereocenters. The summed E-state index contributed by atoms with van der Waals surface area (Å²) in [6.45, 7) is 0. The lowest BCUT2D eigenvalue weighted by Gasteiger charge is -2.11. The molecule has 9 heteroatoms. The third-order valence-electron chi connectivity index (χ3n) is 3.40. The lowest BCUT2D eigenvalue weighted by molar-refractivity contribution is 0.0997. The third kappa shape index (κ3) is 3.59. The van der Waals surface area contributed by atoms with Crippen molar-refractivity contribution >= 4 is 39.9 Å². The van der Waals surface area contributed by atoms with Crippen LogP contribution in [0.5, 0.6) is 5.75 Å². The van der Waals surface area contributed by atoms with E-state index in [0.29, 0.717) is 28.2 Å². The van der Waals surface area contributed by atoms with Gasteiger partial charge in [0.15, 0.2) is 0 Å². The van der Waals surface area contributed by atoms with Gasteiger partial charge in [-0.15, -0.1) is 0 Å². The number of methoxy groups -OCH3 is 1. The number of anilines is 2. The fourth-order valence-electron chi connectivity index (χ4n) is 2.26. The van der Waals surface area contributed by atoms with Crippen molar-refractivity contribution in [1.82, 2.24) is 9.97 Å². The van der Waals surface area contributed by atoms with Crippen molar-refractivity contribution in [2.24, 2.45) is 5.73 Å². The molecule has 5 N–H and O–H groups in total. The normalized spacial score (nSPS) is 10.2. The fraction of sp³-hybridized carbons (Fsp3) is 0.0625. The van der Waals surface area contributed by atoms with Gasteiger partial charge in [-0.05, 0) is 24.3 Å². The Morgan fingerprint density at radius 2 is 2.04 bits per heavy atom. The number of fused-ring (bicyclic) bond motifs is 1. The summed E-state index contributed by atoms with van der Waals surface area (Å²) < 4.78 is 18.4. The Hall–Kier alpha value is -2.97. The summed E-state index contributed by atoms with van der Waals surface area (Å²) in [7, 11) is 1.44. The number of aromatic nitrogens is 2. The van der Waals surface area contributed by atoms with Crippen molar-refractivity contribution in [2.75, 3.05) is 12.4 Å². The topological polar surface area (TPSA) is 122 Å². The van der Waals surface area contributed by atoms with Gasteiger partial charge in [-0.3, -0.25) is 4.79 Å². The highest BCUT2D eigenvalue weighted by atomic mass is 35.5. The number of amides is 1. The van der Waals surface area contributed by atoms with Gasteiger partial charge in [0.25, 0.3) is 5.91 Å². The monoisotopic (exact) mass is 364 g/mol. The number of rotatable bonds is 4. The SMILES string of the molecule is COc1cc2ncnc(Nc3ccc(F)c(Cl)c3)c2cc1C(N)=O.O. The lowest BCUT2D eigenvalue weighted by atomic mass is 10.1. The maximum Gasteiger partial charge on any atom is 0.252 e. The van der Waals surface area contributed by atoms with E-state index in [1.54, 1.807) is 12.1 Å². The number of nitrogens with one attached hydrogen (secondary N) is 1. The summed E-state index contributed by atoms with van der Waals surface area (Å²) in [5.74, 6) is -0.402. The van der Waals surface area contributed by atoms with Crippen LogP contribution in [0.1, 0.15) is 10.4 Å². The van der Waals surface area contributed by atoms with Gasteiger partial charge < -0.3 is 21.3 Å². The first-order valence-corrected chi connectivity index (χ1v) is 7.22. The van der Waals surface area contributed by atoms with Gasteiger partial charge in [0.2, 0.25) is 0 Å². The number of nitrogens with two attached hydrogens (primary N) is 1. The van der Waals surface area contributed by atoms with Crippen molar-refractivity contribution in [3.05, 3.63) is 53.1 Å². The Kier molecular flexibility index (Phi) is 5.35. The molecule has 0 spiro atoms. The maximum atomic E-state index is 13.3. The van der Waals surface area contributed by atoms with Crippen LogP contribution in [0.4, 0.5) is 15.9 Å². The molecule has 25 heavy (non-hydrogen) atoms. The zero-order valence-corrected chi connectivity index (χ0v) is 13.8. The van der Waals surface area contributed by atoms with Crippen LogP contribution >= 0.6 is 11.6 Å². The number of hydrogen-bond donors (Lipinski definition) is 2. The predicted molar refractivity (Wildman–Crippen MR) is 92.9 cm³/mol. The molecule has 0 aliphatic rings. The van der Waals surface area contributed by atoms with Crippen molar-refractivity contribution in [3.8, 4) is 5.75 Å². The molecule has 0 aliphatic heterocycles. The zero-order valence-electron chi connectivity index (χ0n) is 13.0. The van der Waals surface area contributed by atoms with Crippen LogP contribution in [0.3, 0.4) is 0 Å². The number of carbonyl (C=O) groups excluding carboxylic acids is 1. The molecule has 0 unspecified atom stereocenters. The third-order valence-corrected chi connectivity index (χ3v) is 3.69. The number of nitrogens with zero attached hydrogens (tertiary/aromatic N) is 2. The van der Waals surface area contributed by atoms with E-state index in [1.165, 1.54) is 31.6 Å². The molecule has 7 nitrogen and oxygen atoms in total. The number of benzene rings is 2. The fourth-order valence-corrected chi connectivity index (χ4v) is 2.44. The van der Waals surface area contributed by atoms with E-state index in [1.807, 2.05) is 0 Å². The second kappa shape index (κ2) is 7.29. The van der Waals surface area contributed by atoms with Crippen LogP contribution in [-0.4, -0.2) is 28.5 Å². The van der Waals surface area contributed by atoms with Gasteiger partial charge in [-0.2, -0.15) is 0 Å². The molecule has 0 saturated heterocycles. The molecule has 2 aromatic carbocycles. The van der Waals surface area contributed by atoms with Crippen LogP contribution in [0.25, 0.3) is 10.9 Å². The quantitative estimate of drug-likeness (QED) is 0.736. The number of primary amides is 1. The standard InChI is InChI=1S/C16H12ClFN4O2.H2O/c1-24-14-6-13-9(5-10(14)15(19)23)16(21-7-20-13)22-8-2-3-12(18)11(17)4-8;/h2-7H,1H3,(H2,19,23)(H,20,21,22);1H2. The molecule has 0 fully saturated rings.